The molecule has 2 rings (SSSR count). The van der Waals surface area contributed by atoms with E-state index < -0.39 is 64.7 Å². The van der Waals surface area contributed by atoms with E-state index in [1.54, 1.807) is 0 Å². The van der Waals surface area contributed by atoms with Crippen molar-refractivity contribution in [3.05, 3.63) is 50.2 Å². The van der Waals surface area contributed by atoms with Gasteiger partial charge in [-0.2, -0.15) is 5.11 Å². The molecule has 18 heteroatoms. The molecular formula is C12H10CrN6NaO9S-. The molecule has 6 N–H and O–H groups in total. The molecule has 0 fully saturated rings. The molecule has 0 bridgehead atoms. The van der Waals surface area contributed by atoms with Crippen molar-refractivity contribution in [3.63, 3.8) is 0 Å². The SMILES string of the molecule is O.[Cr].[NH-]c1cc(N)c(S(=O)(=O)[O-])cc1N=Nc1cc([N+](=O)[O-])cc([N+](=O)[O-])c1O.[Na+]. The summed E-state index contributed by atoms with van der Waals surface area (Å²) in [5.74, 6) is -1.03. The maximum atomic E-state index is 11.1. The van der Waals surface area contributed by atoms with Crippen molar-refractivity contribution in [2.45, 2.75) is 4.90 Å². The quantitative estimate of drug-likeness (QED) is 0.129. The van der Waals surface area contributed by atoms with Crippen LogP contribution in [0.15, 0.2) is 39.4 Å². The largest absolute Gasteiger partial charge is 1.00 e. The van der Waals surface area contributed by atoms with Gasteiger partial charge in [-0.25, -0.2) is 8.42 Å². The minimum Gasteiger partial charge on any atom is -0.744 e. The van der Waals surface area contributed by atoms with E-state index in [0.717, 1.165) is 6.07 Å². The van der Waals surface area contributed by atoms with Gasteiger partial charge in [-0.05, 0) is 6.07 Å². The van der Waals surface area contributed by atoms with E-state index in [4.69, 9.17) is 11.5 Å². The molecule has 0 aliphatic rings. The molecule has 156 valence electrons. The zero-order valence-corrected chi connectivity index (χ0v) is 18.9. The minimum absolute atomic E-state index is 0. The third-order valence-corrected chi connectivity index (χ3v) is 4.02. The summed E-state index contributed by atoms with van der Waals surface area (Å²) in [5.41, 5.74) is 9.11. The Hall–Kier alpha value is -2.36. The van der Waals surface area contributed by atoms with Crippen LogP contribution in [0.2, 0.25) is 0 Å². The molecule has 0 aliphatic carbocycles. The van der Waals surface area contributed by atoms with Gasteiger partial charge in [-0.1, -0.05) is 6.07 Å². The summed E-state index contributed by atoms with van der Waals surface area (Å²) in [6.45, 7) is 0. The Labute approximate surface area is 200 Å². The minimum atomic E-state index is -4.99. The molecule has 0 spiro atoms. The fraction of sp³-hybridized carbons (Fsp3) is 0. The average Bonchev–Trinajstić information content (AvgIpc) is 2.53. The van der Waals surface area contributed by atoms with Gasteiger partial charge in [0.05, 0.1) is 26.5 Å². The van der Waals surface area contributed by atoms with Crippen molar-refractivity contribution in [1.29, 1.82) is 0 Å². The van der Waals surface area contributed by atoms with Crippen LogP contribution >= 0.6 is 0 Å². The number of rotatable bonds is 5. The van der Waals surface area contributed by atoms with Gasteiger partial charge in [0, 0.05) is 29.1 Å². The van der Waals surface area contributed by atoms with E-state index in [-0.39, 0.29) is 52.4 Å². The van der Waals surface area contributed by atoms with Crippen LogP contribution in [-0.4, -0.2) is 33.4 Å². The van der Waals surface area contributed by atoms with Crippen LogP contribution in [-0.2, 0) is 27.5 Å². The number of nitro benzene ring substituents is 2. The van der Waals surface area contributed by atoms with E-state index in [2.05, 4.69) is 10.2 Å². The summed E-state index contributed by atoms with van der Waals surface area (Å²) < 4.78 is 33.4. The van der Waals surface area contributed by atoms with E-state index in [9.17, 15) is 38.3 Å². The standard InChI is InChI=1S/C12H9N6O8S.Cr.Na.H2O/c13-6-3-7(14)11(27(24,25)26)4-8(6)15-16-9-1-5(17(20)21)2-10(12(9)19)18(22)23;;;/h1-4H,(H5-,13,14,15,16,19,24,25,26);;;1H2/q-1;;+1;/p-1. The number of azo groups is 1. The summed E-state index contributed by atoms with van der Waals surface area (Å²) >= 11 is 0. The second-order valence-corrected chi connectivity index (χ2v) is 6.26. The number of anilines is 1. The Balaban J connectivity index is 0. The zero-order chi connectivity index (χ0) is 20.5. The first-order chi connectivity index (χ1) is 12.4. The van der Waals surface area contributed by atoms with Gasteiger partial charge in [-0.3, -0.25) is 20.2 Å². The Kier molecular flexibility index (Phi) is 11.1. The number of aromatic hydroxyl groups is 1. The Morgan fingerprint density at radius 1 is 1.03 bits per heavy atom. The number of nitrogens with two attached hydrogens (primary N) is 1. The van der Waals surface area contributed by atoms with Gasteiger partial charge in [0.15, 0.2) is 0 Å². The molecule has 0 amide bonds. The first kappa shape index (κ1) is 29.8. The molecule has 15 nitrogen and oxygen atoms in total. The predicted octanol–water partition coefficient (Wildman–Crippen LogP) is -1.03. The summed E-state index contributed by atoms with van der Waals surface area (Å²) in [4.78, 5) is 18.8. The van der Waals surface area contributed by atoms with Crippen molar-refractivity contribution in [2.24, 2.45) is 10.2 Å². The number of hydrogen-bond donors (Lipinski definition) is 2. The first-order valence-electron chi connectivity index (χ1n) is 6.60. The molecule has 0 aromatic heterocycles. The van der Waals surface area contributed by atoms with Crippen LogP contribution in [0.5, 0.6) is 5.75 Å². The summed E-state index contributed by atoms with van der Waals surface area (Å²) in [7, 11) is -4.99. The summed E-state index contributed by atoms with van der Waals surface area (Å²) in [5, 5.41) is 38.3. The molecule has 0 radical (unpaired) electrons. The Morgan fingerprint density at radius 2 is 1.57 bits per heavy atom. The summed E-state index contributed by atoms with van der Waals surface area (Å²) in [6.07, 6.45) is 0. The molecule has 0 aliphatic heterocycles. The molecule has 0 atom stereocenters. The monoisotopic (exact) mass is 489 g/mol. The number of benzene rings is 2. The van der Waals surface area contributed by atoms with E-state index >= 15 is 0 Å². The van der Waals surface area contributed by atoms with Crippen LogP contribution < -0.4 is 35.3 Å². The smallest absolute Gasteiger partial charge is 0.744 e. The van der Waals surface area contributed by atoms with Gasteiger partial charge in [0.1, 0.15) is 15.8 Å². The van der Waals surface area contributed by atoms with Crippen molar-refractivity contribution < 1.29 is 80.3 Å². The molecular weight excluding hydrogens is 479 g/mol. The number of non-ortho nitro benzene ring substituents is 1. The number of nitrogen functional groups attached to an aromatic ring is 1. The van der Waals surface area contributed by atoms with Crippen molar-refractivity contribution >= 4 is 44.2 Å². The molecule has 2 aromatic carbocycles. The van der Waals surface area contributed by atoms with E-state index in [0.29, 0.717) is 18.2 Å². The number of nitrogens with one attached hydrogen (secondary N) is 1. The third kappa shape index (κ3) is 6.58. The molecule has 30 heavy (non-hydrogen) atoms. The fourth-order valence-electron chi connectivity index (χ4n) is 1.90. The average molecular weight is 489 g/mol. The third-order valence-electron chi connectivity index (χ3n) is 3.12. The molecule has 0 saturated heterocycles. The van der Waals surface area contributed by atoms with Gasteiger partial charge in [0.2, 0.25) is 5.75 Å². The zero-order valence-electron chi connectivity index (χ0n) is 14.8. The normalized spacial score (nSPS) is 10.4. The number of nitro groups is 2. The molecule has 0 heterocycles. The maximum absolute atomic E-state index is 11.1. The predicted molar refractivity (Wildman–Crippen MR) is 92.0 cm³/mol. The number of hydrogen-bond acceptors (Lipinski definition) is 11. The van der Waals surface area contributed by atoms with Gasteiger partial charge in [-0.15, -0.1) is 10.8 Å². The Bertz CT molecular complexity index is 1110. The van der Waals surface area contributed by atoms with E-state index in [1.165, 1.54) is 0 Å². The summed E-state index contributed by atoms with van der Waals surface area (Å²) in [6, 6.07) is 2.65. The second kappa shape index (κ2) is 11.1. The molecule has 2 aromatic rings. The topological polar surface area (TPSA) is 270 Å². The van der Waals surface area contributed by atoms with Crippen LogP contribution in [0.25, 0.3) is 5.73 Å². The second-order valence-electron chi connectivity index (χ2n) is 4.91. The fourth-order valence-corrected chi connectivity index (χ4v) is 2.51. The number of nitrogens with zero attached hydrogens (tertiary/aromatic N) is 4. The van der Waals surface area contributed by atoms with Gasteiger partial charge in [0.25, 0.3) is 5.69 Å². The van der Waals surface area contributed by atoms with Gasteiger partial charge < -0.3 is 26.6 Å². The molecule has 0 unspecified atom stereocenters. The Morgan fingerprint density at radius 3 is 2.03 bits per heavy atom. The molecule has 0 saturated carbocycles. The van der Waals surface area contributed by atoms with Crippen molar-refractivity contribution in [2.75, 3.05) is 5.73 Å². The van der Waals surface area contributed by atoms with Crippen molar-refractivity contribution in [3.8, 4) is 5.75 Å². The van der Waals surface area contributed by atoms with Crippen LogP contribution in [0.3, 0.4) is 0 Å². The first-order valence-corrected chi connectivity index (χ1v) is 8.01. The van der Waals surface area contributed by atoms with Crippen LogP contribution in [0, 0.1) is 20.2 Å². The van der Waals surface area contributed by atoms with Crippen LogP contribution in [0.4, 0.5) is 34.1 Å². The number of phenolic OH excluding ortho intramolecular Hbond substituents is 1. The van der Waals surface area contributed by atoms with Crippen molar-refractivity contribution in [1.82, 2.24) is 0 Å². The maximum Gasteiger partial charge on any atom is 1.00 e. The number of phenols is 1. The van der Waals surface area contributed by atoms with E-state index in [1.807, 2.05) is 0 Å². The van der Waals surface area contributed by atoms with Gasteiger partial charge >= 0.3 is 35.2 Å². The van der Waals surface area contributed by atoms with Crippen LogP contribution in [0.1, 0.15) is 0 Å².